The number of piperidine rings is 1. The van der Waals surface area contributed by atoms with E-state index >= 15 is 0 Å². The minimum absolute atomic E-state index is 0.0777. The number of ether oxygens (including phenoxy) is 1. The topological polar surface area (TPSA) is 75.9 Å². The summed E-state index contributed by atoms with van der Waals surface area (Å²) in [5.74, 6) is -0.0123. The van der Waals surface area contributed by atoms with Crippen LogP contribution in [0.3, 0.4) is 0 Å². The highest BCUT2D eigenvalue weighted by molar-refractivity contribution is 5.89. The summed E-state index contributed by atoms with van der Waals surface area (Å²) in [6.07, 6.45) is 3.16. The van der Waals surface area contributed by atoms with Gasteiger partial charge in [-0.1, -0.05) is 29.8 Å². The van der Waals surface area contributed by atoms with Crippen LogP contribution in [0.5, 0.6) is 0 Å². The molecule has 6 nitrogen and oxygen atoms in total. The van der Waals surface area contributed by atoms with Gasteiger partial charge in [-0.15, -0.1) is 0 Å². The van der Waals surface area contributed by atoms with Crippen molar-refractivity contribution in [2.24, 2.45) is 11.7 Å². The van der Waals surface area contributed by atoms with Crippen LogP contribution in [0, 0.1) is 12.8 Å². The molecule has 2 fully saturated rings. The molecule has 0 aliphatic carbocycles. The first kappa shape index (κ1) is 19.8. The third kappa shape index (κ3) is 5.30. The molecule has 1 aromatic carbocycles. The highest BCUT2D eigenvalue weighted by Crippen LogP contribution is 2.24. The van der Waals surface area contributed by atoms with E-state index in [1.54, 1.807) is 0 Å². The fraction of sp³-hybridized carbons (Fsp3) is 0.619. The summed E-state index contributed by atoms with van der Waals surface area (Å²) in [6.45, 7) is 5.93. The third-order valence-corrected chi connectivity index (χ3v) is 5.51. The maximum Gasteiger partial charge on any atom is 0.227 e. The normalized spacial score (nSPS) is 21.1. The number of rotatable bonds is 7. The van der Waals surface area contributed by atoms with Crippen LogP contribution >= 0.6 is 0 Å². The Morgan fingerprint density at radius 3 is 2.59 bits per heavy atom. The van der Waals surface area contributed by atoms with Crippen molar-refractivity contribution in [3.63, 3.8) is 0 Å². The van der Waals surface area contributed by atoms with Crippen molar-refractivity contribution in [2.75, 3.05) is 32.8 Å². The Labute approximate surface area is 161 Å². The Kier molecular flexibility index (Phi) is 6.85. The number of benzene rings is 1. The molecule has 2 heterocycles. The quantitative estimate of drug-likeness (QED) is 0.738. The molecule has 2 amide bonds. The van der Waals surface area contributed by atoms with Crippen LogP contribution in [0.2, 0.25) is 0 Å². The van der Waals surface area contributed by atoms with Crippen molar-refractivity contribution in [1.29, 1.82) is 0 Å². The number of nitrogens with zero attached hydrogens (tertiary/aromatic N) is 2. The fourth-order valence-corrected chi connectivity index (χ4v) is 3.84. The lowest BCUT2D eigenvalue weighted by atomic mass is 10.0. The van der Waals surface area contributed by atoms with Gasteiger partial charge in [-0.05, 0) is 38.3 Å². The summed E-state index contributed by atoms with van der Waals surface area (Å²) in [7, 11) is 0. The van der Waals surface area contributed by atoms with Gasteiger partial charge in [-0.3, -0.25) is 9.59 Å². The first-order valence-electron chi connectivity index (χ1n) is 10.0. The van der Waals surface area contributed by atoms with Crippen LogP contribution in [-0.2, 0) is 20.9 Å². The number of aryl methyl sites for hydroxylation is 1. The summed E-state index contributed by atoms with van der Waals surface area (Å²) < 4.78 is 5.81. The van der Waals surface area contributed by atoms with Gasteiger partial charge in [0, 0.05) is 39.2 Å². The summed E-state index contributed by atoms with van der Waals surface area (Å²) in [6, 6.07) is 8.21. The smallest absolute Gasteiger partial charge is 0.227 e. The van der Waals surface area contributed by atoms with Gasteiger partial charge in [0.25, 0.3) is 0 Å². The molecule has 2 aliphatic heterocycles. The Morgan fingerprint density at radius 2 is 1.93 bits per heavy atom. The summed E-state index contributed by atoms with van der Waals surface area (Å²) in [5.41, 5.74) is 7.80. The largest absolute Gasteiger partial charge is 0.378 e. The Hall–Kier alpha value is -1.92. The van der Waals surface area contributed by atoms with E-state index in [-0.39, 0.29) is 23.8 Å². The van der Waals surface area contributed by atoms with Crippen molar-refractivity contribution < 1.29 is 14.3 Å². The van der Waals surface area contributed by atoms with Crippen molar-refractivity contribution in [2.45, 2.75) is 45.3 Å². The van der Waals surface area contributed by atoms with Gasteiger partial charge in [-0.25, -0.2) is 0 Å². The van der Waals surface area contributed by atoms with Crippen LogP contribution in [0.1, 0.15) is 36.8 Å². The van der Waals surface area contributed by atoms with E-state index < -0.39 is 0 Å². The minimum Gasteiger partial charge on any atom is -0.378 e. The van der Waals surface area contributed by atoms with Crippen LogP contribution in [0.4, 0.5) is 0 Å². The maximum absolute atomic E-state index is 12.8. The second-order valence-electron chi connectivity index (χ2n) is 7.70. The highest BCUT2D eigenvalue weighted by atomic mass is 16.5. The van der Waals surface area contributed by atoms with Crippen LogP contribution in [0.15, 0.2) is 24.3 Å². The zero-order chi connectivity index (χ0) is 19.2. The van der Waals surface area contributed by atoms with E-state index in [2.05, 4.69) is 12.1 Å². The first-order valence-corrected chi connectivity index (χ1v) is 10.0. The van der Waals surface area contributed by atoms with Gasteiger partial charge in [0.1, 0.15) is 0 Å². The highest BCUT2D eigenvalue weighted by Gasteiger charge is 2.37. The van der Waals surface area contributed by atoms with Gasteiger partial charge < -0.3 is 20.3 Å². The van der Waals surface area contributed by atoms with Crippen LogP contribution < -0.4 is 5.73 Å². The van der Waals surface area contributed by atoms with E-state index in [9.17, 15) is 9.59 Å². The number of hydrogen-bond donors (Lipinski definition) is 1. The molecule has 0 spiro atoms. The maximum atomic E-state index is 12.8. The molecule has 1 unspecified atom stereocenters. The van der Waals surface area contributed by atoms with Gasteiger partial charge in [0.15, 0.2) is 0 Å². The summed E-state index contributed by atoms with van der Waals surface area (Å²) in [4.78, 5) is 28.9. The molecule has 0 radical (unpaired) electrons. The molecule has 27 heavy (non-hydrogen) atoms. The fourth-order valence-electron chi connectivity index (χ4n) is 3.84. The Bertz CT molecular complexity index is 639. The van der Waals surface area contributed by atoms with E-state index in [0.29, 0.717) is 32.7 Å². The number of likely N-dealkylation sites (tertiary alicyclic amines) is 2. The molecule has 0 aromatic heterocycles. The zero-order valence-electron chi connectivity index (χ0n) is 16.2. The molecule has 2 N–H and O–H groups in total. The summed E-state index contributed by atoms with van der Waals surface area (Å²) >= 11 is 0. The van der Waals surface area contributed by atoms with E-state index in [4.69, 9.17) is 10.5 Å². The van der Waals surface area contributed by atoms with Gasteiger partial charge >= 0.3 is 0 Å². The number of nitrogens with two attached hydrogens (primary N) is 1. The lowest BCUT2D eigenvalue weighted by molar-refractivity contribution is -0.138. The van der Waals surface area contributed by atoms with Gasteiger partial charge in [-0.2, -0.15) is 0 Å². The predicted molar refractivity (Wildman–Crippen MR) is 104 cm³/mol. The Morgan fingerprint density at radius 1 is 1.22 bits per heavy atom. The minimum atomic E-state index is -0.211. The first-order chi connectivity index (χ1) is 13.1. The molecular weight excluding hydrogens is 342 g/mol. The van der Waals surface area contributed by atoms with Crippen molar-refractivity contribution in [3.8, 4) is 0 Å². The SMILES string of the molecule is Cc1ccc(CN2CC(C(=O)N3CCC(OCCCN)CC3)CC2=O)cc1. The van der Waals surface area contributed by atoms with Crippen molar-refractivity contribution in [3.05, 3.63) is 35.4 Å². The monoisotopic (exact) mass is 373 g/mol. The predicted octanol–water partition coefficient (Wildman–Crippen LogP) is 1.70. The molecule has 2 saturated heterocycles. The average Bonchev–Trinajstić information content (AvgIpc) is 3.04. The van der Waals surface area contributed by atoms with Crippen molar-refractivity contribution in [1.82, 2.24) is 9.80 Å². The van der Waals surface area contributed by atoms with Crippen LogP contribution in [-0.4, -0.2) is 60.5 Å². The van der Waals surface area contributed by atoms with E-state index in [1.807, 2.05) is 28.9 Å². The van der Waals surface area contributed by atoms with Gasteiger partial charge in [0.2, 0.25) is 11.8 Å². The van der Waals surface area contributed by atoms with E-state index in [1.165, 1.54) is 5.56 Å². The average molecular weight is 373 g/mol. The molecule has 1 atom stereocenters. The van der Waals surface area contributed by atoms with Gasteiger partial charge in [0.05, 0.1) is 12.0 Å². The Balaban J connectivity index is 1.47. The lowest BCUT2D eigenvalue weighted by Gasteiger charge is -2.33. The second-order valence-corrected chi connectivity index (χ2v) is 7.70. The number of amides is 2. The zero-order valence-corrected chi connectivity index (χ0v) is 16.2. The summed E-state index contributed by atoms with van der Waals surface area (Å²) in [5, 5.41) is 0. The number of hydrogen-bond acceptors (Lipinski definition) is 4. The molecule has 2 aliphatic rings. The number of carbonyl (C=O) groups is 2. The molecule has 3 rings (SSSR count). The number of carbonyl (C=O) groups excluding carboxylic acids is 2. The van der Waals surface area contributed by atoms with E-state index in [0.717, 1.165) is 37.9 Å². The van der Waals surface area contributed by atoms with Crippen molar-refractivity contribution >= 4 is 11.8 Å². The third-order valence-electron chi connectivity index (χ3n) is 5.51. The standard InChI is InChI=1S/C21H31N3O3/c1-16-3-5-17(6-4-16)14-24-15-18(13-20(24)25)21(26)23-10-7-19(8-11-23)27-12-2-9-22/h3-6,18-19H,2,7-15,22H2,1H3. The molecule has 0 saturated carbocycles. The lowest BCUT2D eigenvalue weighted by Crippen LogP contribution is -2.44. The molecule has 0 bridgehead atoms. The molecular formula is C21H31N3O3. The van der Waals surface area contributed by atoms with Crippen LogP contribution in [0.25, 0.3) is 0 Å². The molecule has 1 aromatic rings. The molecule has 148 valence electrons. The second kappa shape index (κ2) is 9.33. The molecule has 6 heteroatoms.